The van der Waals surface area contributed by atoms with E-state index >= 15 is 0 Å². The summed E-state index contributed by atoms with van der Waals surface area (Å²) >= 11 is 0. The van der Waals surface area contributed by atoms with Crippen molar-refractivity contribution in [1.82, 2.24) is 9.55 Å². The minimum atomic E-state index is -0.233. The molecule has 1 aliphatic carbocycles. The van der Waals surface area contributed by atoms with Gasteiger partial charge in [0.1, 0.15) is 29.8 Å². The van der Waals surface area contributed by atoms with E-state index in [-0.39, 0.29) is 5.82 Å². The van der Waals surface area contributed by atoms with Gasteiger partial charge in [0, 0.05) is 40.5 Å². The third-order valence-electron chi connectivity index (χ3n) is 10.5. The number of para-hydroxylation sites is 3. The lowest BCUT2D eigenvalue weighted by Gasteiger charge is -2.24. The normalized spacial score (nSPS) is 14.7. The second kappa shape index (κ2) is 12.4. The van der Waals surface area contributed by atoms with E-state index in [1.807, 2.05) is 18.3 Å². The van der Waals surface area contributed by atoms with E-state index in [2.05, 4.69) is 125 Å². The lowest BCUT2D eigenvalue weighted by Crippen LogP contribution is -2.24. The third-order valence-corrected chi connectivity index (χ3v) is 10.5. The Morgan fingerprint density at radius 3 is 2.18 bits per heavy atom. The molecule has 2 aliphatic rings. The largest absolute Gasteiger partial charge is 0.457 e. The molecule has 5 nitrogen and oxygen atoms in total. The van der Waals surface area contributed by atoms with Crippen LogP contribution in [-0.4, -0.2) is 16.2 Å². The molecule has 248 valence electrons. The zero-order valence-corrected chi connectivity index (χ0v) is 28.4. The number of hydrogen-bond donors (Lipinski definition) is 0. The van der Waals surface area contributed by atoms with E-state index in [4.69, 9.17) is 9.72 Å². The molecule has 2 aromatic heterocycles. The van der Waals surface area contributed by atoms with E-state index < -0.39 is 0 Å². The molecular formula is C44H39FN4O. The van der Waals surface area contributed by atoms with Crippen LogP contribution < -0.4 is 14.5 Å². The molecule has 3 heterocycles. The smallest absolute Gasteiger partial charge is 0.137 e. The number of halogens is 1. The van der Waals surface area contributed by atoms with E-state index in [1.165, 1.54) is 59.7 Å². The van der Waals surface area contributed by atoms with Crippen LogP contribution in [0.5, 0.6) is 11.5 Å². The van der Waals surface area contributed by atoms with Crippen molar-refractivity contribution in [2.45, 2.75) is 51.4 Å². The highest BCUT2D eigenvalue weighted by Crippen LogP contribution is 2.47. The summed E-state index contributed by atoms with van der Waals surface area (Å²) in [6, 6.07) is 41.2. The van der Waals surface area contributed by atoms with Crippen LogP contribution in [0.2, 0.25) is 0 Å². The molecule has 0 unspecified atom stereocenters. The second-order valence-electron chi connectivity index (χ2n) is 13.9. The van der Waals surface area contributed by atoms with Crippen molar-refractivity contribution >= 4 is 44.6 Å². The first kappa shape index (κ1) is 30.4. The molecule has 5 aromatic carbocycles. The Morgan fingerprint density at radius 1 is 0.680 bits per heavy atom. The highest BCUT2D eigenvalue weighted by Gasteiger charge is 2.29. The predicted octanol–water partition coefficient (Wildman–Crippen LogP) is 12.1. The molecule has 50 heavy (non-hydrogen) atoms. The molecule has 1 saturated carbocycles. The summed E-state index contributed by atoms with van der Waals surface area (Å²) in [6.45, 7) is 5.05. The Morgan fingerprint density at radius 2 is 1.40 bits per heavy atom. The Hall–Kier alpha value is -5.62. The molecule has 1 aliphatic heterocycles. The molecule has 0 bridgehead atoms. The van der Waals surface area contributed by atoms with Gasteiger partial charge in [0.25, 0.3) is 0 Å². The average molecular weight is 659 g/mol. The van der Waals surface area contributed by atoms with Crippen LogP contribution >= 0.6 is 0 Å². The SMILES string of the molecule is CC(C)c1ccnc(-n2c3ccccc3c3ccc(Oc4cc(C5CCCC5)cc(N5CN(c6ccc(F)cc6)c6ccccc65)c4)cc32)c1. The zero-order chi connectivity index (χ0) is 33.8. The lowest BCUT2D eigenvalue weighted by molar-refractivity contribution is 0.482. The Kier molecular flexibility index (Phi) is 7.53. The fraction of sp³-hybridized carbons (Fsp3) is 0.205. The summed E-state index contributed by atoms with van der Waals surface area (Å²) in [7, 11) is 0. The minimum Gasteiger partial charge on any atom is -0.457 e. The fourth-order valence-electron chi connectivity index (χ4n) is 7.90. The summed E-state index contributed by atoms with van der Waals surface area (Å²) < 4.78 is 23.0. The summed E-state index contributed by atoms with van der Waals surface area (Å²) in [5, 5.41) is 2.36. The summed E-state index contributed by atoms with van der Waals surface area (Å²) in [4.78, 5) is 9.42. The molecule has 9 rings (SSSR count). The van der Waals surface area contributed by atoms with Gasteiger partial charge in [-0.2, -0.15) is 0 Å². The topological polar surface area (TPSA) is 33.5 Å². The number of nitrogens with zero attached hydrogens (tertiary/aromatic N) is 4. The average Bonchev–Trinajstić information content (AvgIpc) is 3.89. The van der Waals surface area contributed by atoms with Crippen LogP contribution in [0, 0.1) is 5.82 Å². The number of fused-ring (bicyclic) bond motifs is 4. The van der Waals surface area contributed by atoms with E-state index in [1.54, 1.807) is 0 Å². The molecule has 0 N–H and O–H groups in total. The van der Waals surface area contributed by atoms with Crippen molar-refractivity contribution in [1.29, 1.82) is 0 Å². The van der Waals surface area contributed by atoms with Gasteiger partial charge in [0.15, 0.2) is 0 Å². The zero-order valence-electron chi connectivity index (χ0n) is 28.4. The van der Waals surface area contributed by atoms with Gasteiger partial charge >= 0.3 is 0 Å². The summed E-state index contributed by atoms with van der Waals surface area (Å²) in [6.07, 6.45) is 6.80. The molecule has 1 fully saturated rings. The maximum Gasteiger partial charge on any atom is 0.137 e. The Balaban J connectivity index is 1.13. The minimum absolute atomic E-state index is 0.233. The lowest BCUT2D eigenvalue weighted by atomic mass is 9.96. The van der Waals surface area contributed by atoms with Crippen LogP contribution in [0.15, 0.2) is 128 Å². The molecular weight excluding hydrogens is 620 g/mol. The number of rotatable bonds is 7. The van der Waals surface area contributed by atoms with Gasteiger partial charge in [0.2, 0.25) is 0 Å². The van der Waals surface area contributed by atoms with Gasteiger partial charge in [-0.15, -0.1) is 0 Å². The third kappa shape index (κ3) is 5.36. The number of anilines is 4. The molecule has 0 saturated heterocycles. The van der Waals surface area contributed by atoms with Gasteiger partial charge in [0.05, 0.1) is 22.4 Å². The van der Waals surface area contributed by atoms with Crippen LogP contribution in [0.25, 0.3) is 27.6 Å². The van der Waals surface area contributed by atoms with Gasteiger partial charge in [-0.05, 0) is 115 Å². The molecule has 0 amide bonds. The van der Waals surface area contributed by atoms with Gasteiger partial charge < -0.3 is 14.5 Å². The number of ether oxygens (including phenoxy) is 1. The number of benzene rings is 5. The van der Waals surface area contributed by atoms with Crippen LogP contribution in [0.3, 0.4) is 0 Å². The van der Waals surface area contributed by atoms with Crippen molar-refractivity contribution in [3.8, 4) is 17.3 Å². The monoisotopic (exact) mass is 658 g/mol. The first-order valence-corrected chi connectivity index (χ1v) is 17.7. The number of aromatic nitrogens is 2. The number of pyridine rings is 1. The van der Waals surface area contributed by atoms with Crippen molar-refractivity contribution in [2.75, 3.05) is 16.5 Å². The van der Waals surface area contributed by atoms with Crippen LogP contribution in [0.1, 0.15) is 62.5 Å². The standard InChI is InChI=1S/C44H39FN4O/c1-29(2)31-21-22-46-44(25-31)49-40-12-6-5-11-38(40)39-20-19-36(27-43(39)49)50-37-24-32(30-9-3-4-10-30)23-35(26-37)48-28-47(34-17-15-33(45)16-18-34)41-13-7-8-14-42(41)48/h5-8,11-27,29-30H,3-4,9-10,28H2,1-2H3. The first-order valence-electron chi connectivity index (χ1n) is 17.7. The highest BCUT2D eigenvalue weighted by molar-refractivity contribution is 6.09. The van der Waals surface area contributed by atoms with Gasteiger partial charge in [-0.3, -0.25) is 4.57 Å². The van der Waals surface area contributed by atoms with Crippen LogP contribution in [0.4, 0.5) is 27.1 Å². The first-order chi connectivity index (χ1) is 24.5. The molecule has 0 spiro atoms. The van der Waals surface area contributed by atoms with E-state index in [0.29, 0.717) is 18.5 Å². The summed E-state index contributed by atoms with van der Waals surface area (Å²) in [5.41, 5.74) is 9.02. The maximum atomic E-state index is 13.9. The maximum absolute atomic E-state index is 13.9. The quantitative estimate of drug-likeness (QED) is 0.171. The molecule has 6 heteroatoms. The highest BCUT2D eigenvalue weighted by atomic mass is 19.1. The predicted molar refractivity (Wildman–Crippen MR) is 202 cm³/mol. The van der Waals surface area contributed by atoms with E-state index in [0.717, 1.165) is 51.1 Å². The van der Waals surface area contributed by atoms with Gasteiger partial charge in [-0.1, -0.05) is 57.0 Å². The Labute approximate surface area is 292 Å². The summed E-state index contributed by atoms with van der Waals surface area (Å²) in [5.74, 6) is 3.18. The van der Waals surface area contributed by atoms with Crippen molar-refractivity contribution in [3.63, 3.8) is 0 Å². The van der Waals surface area contributed by atoms with Crippen molar-refractivity contribution < 1.29 is 9.13 Å². The molecule has 0 atom stereocenters. The second-order valence-corrected chi connectivity index (χ2v) is 13.9. The number of hydrogen-bond acceptors (Lipinski definition) is 4. The van der Waals surface area contributed by atoms with Crippen molar-refractivity contribution in [3.05, 3.63) is 144 Å². The fourth-order valence-corrected chi connectivity index (χ4v) is 7.90. The Bertz CT molecular complexity index is 2360. The molecule has 7 aromatic rings. The van der Waals surface area contributed by atoms with Crippen LogP contribution in [-0.2, 0) is 0 Å². The van der Waals surface area contributed by atoms with Crippen molar-refractivity contribution in [2.24, 2.45) is 0 Å². The molecule has 0 radical (unpaired) electrons. The van der Waals surface area contributed by atoms with Gasteiger partial charge in [-0.25, -0.2) is 9.37 Å². The van der Waals surface area contributed by atoms with E-state index in [9.17, 15) is 4.39 Å².